The van der Waals surface area contributed by atoms with Crippen LogP contribution in [-0.2, 0) is 31.1 Å². The van der Waals surface area contributed by atoms with Crippen LogP contribution in [0.25, 0.3) is 0 Å². The van der Waals surface area contributed by atoms with Crippen LogP contribution >= 0.6 is 0 Å². The van der Waals surface area contributed by atoms with Crippen LogP contribution < -0.4 is 0 Å². The zero-order chi connectivity index (χ0) is 6.78. The molecule has 0 aliphatic heterocycles. The van der Waals surface area contributed by atoms with E-state index in [1.54, 1.807) is 0 Å². The van der Waals surface area contributed by atoms with E-state index in [0.717, 1.165) is 0 Å². The van der Waals surface area contributed by atoms with E-state index in [4.69, 9.17) is 8.56 Å². The van der Waals surface area contributed by atoms with E-state index in [0.29, 0.717) is 0 Å². The van der Waals surface area contributed by atoms with Gasteiger partial charge in [-0.25, -0.2) is 0 Å². The van der Waals surface area contributed by atoms with Gasteiger partial charge in [-0.1, -0.05) is 0 Å². The van der Waals surface area contributed by atoms with Gasteiger partial charge in [0.05, 0.1) is 0 Å². The minimum absolute atomic E-state index is 0. The van der Waals surface area contributed by atoms with Crippen molar-refractivity contribution < 1.29 is 45.1 Å². The SMILES string of the molecule is O.O=[Si](O)[O][W](=[O])(=[O])[OH]. The van der Waals surface area contributed by atoms with E-state index in [-0.39, 0.29) is 5.48 Å². The van der Waals surface area contributed by atoms with Crippen molar-refractivity contribution in [2.75, 3.05) is 0 Å². The number of hydrogen-bond donors (Lipinski definition) is 2. The first kappa shape index (κ1) is 11.6. The molecule has 56 valence electrons. The summed E-state index contributed by atoms with van der Waals surface area (Å²) in [6.45, 7) is 0. The summed E-state index contributed by atoms with van der Waals surface area (Å²) in [7, 11) is -3.52. The van der Waals surface area contributed by atoms with Gasteiger partial charge in [-0.2, -0.15) is 0 Å². The molecule has 0 radical (unpaired) electrons. The molecule has 0 amide bonds. The Hall–Kier alpha value is -0.175. The number of rotatable bonds is 2. The summed E-state index contributed by atoms with van der Waals surface area (Å²) in [5.41, 5.74) is 0. The van der Waals surface area contributed by atoms with Crippen molar-refractivity contribution in [3.8, 4) is 0 Å². The van der Waals surface area contributed by atoms with E-state index in [2.05, 4.69) is 3.08 Å². The summed E-state index contributed by atoms with van der Waals surface area (Å²) in [6, 6.07) is 0. The average molecular weight is 328 g/mol. The zero-order valence-corrected chi connectivity index (χ0v) is 7.87. The molecular weight excluding hydrogens is 324 g/mol. The molecule has 0 aromatic rings. The van der Waals surface area contributed by atoms with Crippen LogP contribution in [0.3, 0.4) is 0 Å². The van der Waals surface area contributed by atoms with Crippen LogP contribution in [0.1, 0.15) is 0 Å². The van der Waals surface area contributed by atoms with Crippen LogP contribution in [0.4, 0.5) is 0 Å². The maximum absolute atomic E-state index is 9.57. The van der Waals surface area contributed by atoms with Gasteiger partial charge in [0, 0.05) is 0 Å². The fourth-order valence-electron chi connectivity index (χ4n) is 0.0901. The topological polar surface area (TPSA) is 132 Å². The molecule has 0 atom stereocenters. The van der Waals surface area contributed by atoms with Gasteiger partial charge in [-0.3, -0.25) is 0 Å². The maximum atomic E-state index is 9.57. The Labute approximate surface area is 54.8 Å². The van der Waals surface area contributed by atoms with Gasteiger partial charge in [-0.15, -0.1) is 0 Å². The van der Waals surface area contributed by atoms with Crippen molar-refractivity contribution in [3.05, 3.63) is 0 Å². The Morgan fingerprint density at radius 3 is 1.78 bits per heavy atom. The van der Waals surface area contributed by atoms with Gasteiger partial charge in [0.25, 0.3) is 0 Å². The summed E-state index contributed by atoms with van der Waals surface area (Å²) >= 11 is -5.86. The Balaban J connectivity index is 0. The monoisotopic (exact) mass is 328 g/mol. The number of hydrogen-bond acceptors (Lipinski definition) is 4. The standard InChI is InChI=1S/HO3Si.2H2O.2O.W/c1-4(2)3;;;;;/h1H;2*1H2;;;/q-1;;;;;+2/p-1. The third-order valence-corrected chi connectivity index (χ3v) is 4.34. The molecule has 0 bridgehead atoms. The fourth-order valence-corrected chi connectivity index (χ4v) is 2.21. The molecular formula is H4O7SiW. The van der Waals surface area contributed by atoms with Gasteiger partial charge in [0.15, 0.2) is 0 Å². The van der Waals surface area contributed by atoms with E-state index in [1.165, 1.54) is 0 Å². The summed E-state index contributed by atoms with van der Waals surface area (Å²) in [4.78, 5) is 7.70. The normalized spacial score (nSPS) is 9.44. The van der Waals surface area contributed by atoms with Crippen molar-refractivity contribution >= 4 is 9.17 Å². The Kier molecular flexibility index (Phi) is 4.87. The first-order valence-electron chi connectivity index (χ1n) is 1.31. The van der Waals surface area contributed by atoms with Crippen molar-refractivity contribution in [1.82, 2.24) is 0 Å². The third-order valence-electron chi connectivity index (χ3n) is 0.177. The van der Waals surface area contributed by atoms with E-state index in [1.807, 2.05) is 0 Å². The first-order valence-corrected chi connectivity index (χ1v) is 7.48. The van der Waals surface area contributed by atoms with Crippen molar-refractivity contribution in [1.29, 1.82) is 0 Å². The molecule has 0 fully saturated rings. The van der Waals surface area contributed by atoms with Crippen molar-refractivity contribution in [2.24, 2.45) is 0 Å². The van der Waals surface area contributed by atoms with E-state index < -0.39 is 25.9 Å². The summed E-state index contributed by atoms with van der Waals surface area (Å²) < 4.78 is 39.5. The second kappa shape index (κ2) is 3.78. The Bertz CT molecular complexity index is 175. The van der Waals surface area contributed by atoms with Gasteiger partial charge in [-0.05, 0) is 0 Å². The quantitative estimate of drug-likeness (QED) is 0.528. The second-order valence-electron chi connectivity index (χ2n) is 0.777. The Morgan fingerprint density at radius 1 is 1.44 bits per heavy atom. The summed E-state index contributed by atoms with van der Waals surface area (Å²) in [6.07, 6.45) is 0. The molecule has 9 heavy (non-hydrogen) atoms. The molecule has 0 aromatic heterocycles. The molecule has 0 heterocycles. The summed E-state index contributed by atoms with van der Waals surface area (Å²) in [5, 5.41) is 0. The predicted octanol–water partition coefficient (Wildman–Crippen LogP) is -2.75. The molecule has 0 rings (SSSR count). The molecule has 0 saturated heterocycles. The Morgan fingerprint density at radius 2 is 1.78 bits per heavy atom. The van der Waals surface area contributed by atoms with Gasteiger partial charge < -0.3 is 5.48 Å². The summed E-state index contributed by atoms with van der Waals surface area (Å²) in [5.74, 6) is 0. The van der Waals surface area contributed by atoms with E-state index in [9.17, 15) is 11.3 Å². The third kappa shape index (κ3) is 11.4. The molecule has 0 aromatic carbocycles. The zero-order valence-electron chi connectivity index (χ0n) is 3.94. The fraction of sp³-hybridized carbons (Fsp3) is 0. The van der Waals surface area contributed by atoms with Crippen molar-refractivity contribution in [2.45, 2.75) is 0 Å². The molecule has 0 unspecified atom stereocenters. The first-order chi connectivity index (χ1) is 3.42. The van der Waals surface area contributed by atoms with Gasteiger partial charge in [0.1, 0.15) is 0 Å². The van der Waals surface area contributed by atoms with Crippen molar-refractivity contribution in [3.63, 3.8) is 0 Å². The molecule has 7 nitrogen and oxygen atoms in total. The molecule has 9 heteroatoms. The van der Waals surface area contributed by atoms with Crippen LogP contribution in [0.15, 0.2) is 0 Å². The molecule has 0 spiro atoms. The van der Waals surface area contributed by atoms with Crippen LogP contribution in [-0.4, -0.2) is 23.2 Å². The molecule has 0 saturated carbocycles. The van der Waals surface area contributed by atoms with E-state index >= 15 is 0 Å². The average Bonchev–Trinajstić information content (AvgIpc) is 1.21. The van der Waals surface area contributed by atoms with Gasteiger partial charge in [0.2, 0.25) is 0 Å². The molecule has 0 aliphatic carbocycles. The second-order valence-corrected chi connectivity index (χ2v) is 6.35. The van der Waals surface area contributed by atoms with Crippen LogP contribution in [0.5, 0.6) is 0 Å². The van der Waals surface area contributed by atoms with Gasteiger partial charge >= 0.3 is 48.8 Å². The van der Waals surface area contributed by atoms with Crippen LogP contribution in [0, 0.1) is 0 Å². The minimum atomic E-state index is -5.86. The molecule has 0 aliphatic rings. The predicted molar refractivity (Wildman–Crippen MR) is 16.9 cm³/mol. The molecule has 4 N–H and O–H groups in total. The van der Waals surface area contributed by atoms with Crippen LogP contribution in [0.2, 0.25) is 0 Å².